The summed E-state index contributed by atoms with van der Waals surface area (Å²) in [5.41, 5.74) is 1.14. The zero-order valence-electron chi connectivity index (χ0n) is 17.5. The minimum Gasteiger partial charge on any atom is -0.484 e. The molecular weight excluding hydrogens is 374 g/mol. The van der Waals surface area contributed by atoms with Crippen molar-refractivity contribution in [3.05, 3.63) is 72.6 Å². The van der Waals surface area contributed by atoms with E-state index in [1.807, 2.05) is 60.6 Å². The molecular formula is C25H29N3O2. The van der Waals surface area contributed by atoms with Crippen molar-refractivity contribution in [3.63, 3.8) is 0 Å². The van der Waals surface area contributed by atoms with E-state index in [-0.39, 0.29) is 18.6 Å². The van der Waals surface area contributed by atoms with Crippen molar-refractivity contribution >= 4 is 16.7 Å². The van der Waals surface area contributed by atoms with Gasteiger partial charge in [-0.2, -0.15) is 0 Å². The molecule has 3 aromatic rings. The fraction of sp³-hybridized carbons (Fsp3) is 0.360. The number of ether oxygens (including phenoxy) is 1. The number of likely N-dealkylation sites (tertiary alicyclic amines) is 1. The summed E-state index contributed by atoms with van der Waals surface area (Å²) < 4.78 is 5.79. The first-order valence-electron chi connectivity index (χ1n) is 10.7. The molecule has 0 bridgehead atoms. The second-order valence-electron chi connectivity index (χ2n) is 7.95. The first kappa shape index (κ1) is 20.4. The normalized spacial score (nSPS) is 15.2. The van der Waals surface area contributed by atoms with Gasteiger partial charge in [-0.15, -0.1) is 0 Å². The maximum Gasteiger partial charge on any atom is 0.260 e. The molecule has 0 N–H and O–H groups in total. The number of aromatic nitrogens is 1. The van der Waals surface area contributed by atoms with Crippen molar-refractivity contribution in [1.29, 1.82) is 0 Å². The van der Waals surface area contributed by atoms with Crippen LogP contribution in [0.1, 0.15) is 18.5 Å². The number of fused-ring (bicyclic) bond motifs is 1. The lowest BCUT2D eigenvalue weighted by molar-refractivity contribution is -0.135. The van der Waals surface area contributed by atoms with Gasteiger partial charge in [0.05, 0.1) is 0 Å². The van der Waals surface area contributed by atoms with E-state index in [1.165, 1.54) is 5.39 Å². The molecule has 0 aliphatic carbocycles. The van der Waals surface area contributed by atoms with Gasteiger partial charge >= 0.3 is 0 Å². The fourth-order valence-corrected chi connectivity index (χ4v) is 4.06. The maximum absolute atomic E-state index is 12.7. The number of nitrogens with zero attached hydrogens (tertiary/aromatic N) is 3. The summed E-state index contributed by atoms with van der Waals surface area (Å²) in [4.78, 5) is 21.4. The molecule has 5 nitrogen and oxygen atoms in total. The van der Waals surface area contributed by atoms with E-state index < -0.39 is 0 Å². The van der Waals surface area contributed by atoms with E-state index in [0.29, 0.717) is 0 Å². The number of pyridine rings is 1. The molecule has 0 atom stereocenters. The van der Waals surface area contributed by atoms with Gasteiger partial charge in [0.1, 0.15) is 5.75 Å². The third-order valence-corrected chi connectivity index (χ3v) is 5.99. The average molecular weight is 404 g/mol. The Hall–Kier alpha value is -2.92. The Morgan fingerprint density at radius 3 is 2.60 bits per heavy atom. The second kappa shape index (κ2) is 9.72. The predicted molar refractivity (Wildman–Crippen MR) is 120 cm³/mol. The van der Waals surface area contributed by atoms with E-state index in [4.69, 9.17) is 4.74 Å². The molecule has 1 aliphatic heterocycles. The summed E-state index contributed by atoms with van der Waals surface area (Å²) in [5, 5.41) is 2.29. The number of piperidine rings is 1. The number of carbonyl (C=O) groups is 1. The van der Waals surface area contributed by atoms with Crippen LogP contribution in [-0.2, 0) is 11.2 Å². The first-order valence-corrected chi connectivity index (χ1v) is 10.7. The SMILES string of the molecule is CN(C(=O)COc1ccc2ccccc2c1)C1CCN(CCc2ccccn2)CC1. The Bertz CT molecular complexity index is 968. The predicted octanol–water partition coefficient (Wildman–Crippen LogP) is 3.78. The number of carbonyl (C=O) groups excluding carboxylic acids is 1. The van der Waals surface area contributed by atoms with Gasteiger partial charge in [0.15, 0.2) is 6.61 Å². The summed E-state index contributed by atoms with van der Waals surface area (Å²) in [7, 11) is 1.90. The fourth-order valence-electron chi connectivity index (χ4n) is 4.06. The highest BCUT2D eigenvalue weighted by Crippen LogP contribution is 2.21. The molecule has 1 aliphatic rings. The topological polar surface area (TPSA) is 45.7 Å². The van der Waals surface area contributed by atoms with Gasteiger partial charge in [-0.25, -0.2) is 0 Å². The highest BCUT2D eigenvalue weighted by atomic mass is 16.5. The minimum atomic E-state index is 0.0371. The minimum absolute atomic E-state index is 0.0371. The molecule has 156 valence electrons. The molecule has 0 radical (unpaired) electrons. The standard InChI is InChI=1S/C25H29N3O2/c1-27(23-12-16-28(17-13-23)15-11-22-8-4-5-14-26-22)25(29)19-30-24-10-9-20-6-2-3-7-21(20)18-24/h2-10,14,18,23H,11-13,15-17,19H2,1H3. The lowest BCUT2D eigenvalue weighted by Crippen LogP contribution is -2.47. The molecule has 0 saturated carbocycles. The van der Waals surface area contributed by atoms with Gasteiger partial charge in [0.2, 0.25) is 0 Å². The van der Waals surface area contributed by atoms with Crippen LogP contribution < -0.4 is 4.74 Å². The van der Waals surface area contributed by atoms with E-state index in [0.717, 1.165) is 55.7 Å². The molecule has 2 aromatic carbocycles. The van der Waals surface area contributed by atoms with Crippen LogP contribution in [0.4, 0.5) is 0 Å². The van der Waals surface area contributed by atoms with Crippen molar-refractivity contribution in [1.82, 2.24) is 14.8 Å². The summed E-state index contributed by atoms with van der Waals surface area (Å²) in [6.07, 6.45) is 4.82. The summed E-state index contributed by atoms with van der Waals surface area (Å²) in [6, 6.07) is 20.4. The van der Waals surface area contributed by atoms with Crippen molar-refractivity contribution < 1.29 is 9.53 Å². The third-order valence-electron chi connectivity index (χ3n) is 5.99. The molecule has 2 heterocycles. The quantitative estimate of drug-likeness (QED) is 0.602. The summed E-state index contributed by atoms with van der Waals surface area (Å²) in [5.74, 6) is 0.773. The zero-order chi connectivity index (χ0) is 20.8. The van der Waals surface area contributed by atoms with Gasteiger partial charge in [0.25, 0.3) is 5.91 Å². The number of hydrogen-bond acceptors (Lipinski definition) is 4. The third kappa shape index (κ3) is 5.16. The Kier molecular flexibility index (Phi) is 6.60. The van der Waals surface area contributed by atoms with Crippen LogP contribution >= 0.6 is 0 Å². The molecule has 1 amide bonds. The van der Waals surface area contributed by atoms with Crippen molar-refractivity contribution in [2.24, 2.45) is 0 Å². The average Bonchev–Trinajstić information content (AvgIpc) is 2.81. The van der Waals surface area contributed by atoms with Crippen molar-refractivity contribution in [3.8, 4) is 5.75 Å². The number of rotatable bonds is 7. The van der Waals surface area contributed by atoms with E-state index in [1.54, 1.807) is 0 Å². The van der Waals surface area contributed by atoms with Gasteiger partial charge in [-0.05, 0) is 47.9 Å². The van der Waals surface area contributed by atoms with Crippen LogP contribution in [0.15, 0.2) is 66.9 Å². The van der Waals surface area contributed by atoms with Gasteiger partial charge < -0.3 is 14.5 Å². The molecule has 0 spiro atoms. The highest BCUT2D eigenvalue weighted by molar-refractivity contribution is 5.84. The van der Waals surface area contributed by atoms with E-state index in [2.05, 4.69) is 28.1 Å². The molecule has 30 heavy (non-hydrogen) atoms. The summed E-state index contributed by atoms with van der Waals surface area (Å²) in [6.45, 7) is 3.13. The molecule has 0 unspecified atom stereocenters. The Labute approximate surface area is 178 Å². The van der Waals surface area contributed by atoms with Crippen LogP contribution in [0.3, 0.4) is 0 Å². The zero-order valence-corrected chi connectivity index (χ0v) is 17.5. The first-order chi connectivity index (χ1) is 14.7. The molecule has 5 heteroatoms. The largest absolute Gasteiger partial charge is 0.484 e. The van der Waals surface area contributed by atoms with Crippen LogP contribution in [0, 0.1) is 0 Å². The van der Waals surface area contributed by atoms with Gasteiger partial charge in [0, 0.05) is 51.0 Å². The van der Waals surface area contributed by atoms with Crippen LogP contribution in [-0.4, -0.2) is 60.0 Å². The molecule has 1 saturated heterocycles. The number of benzene rings is 2. The van der Waals surface area contributed by atoms with Crippen LogP contribution in [0.2, 0.25) is 0 Å². The van der Waals surface area contributed by atoms with Crippen LogP contribution in [0.5, 0.6) is 5.75 Å². The lowest BCUT2D eigenvalue weighted by atomic mass is 10.0. The number of amides is 1. The van der Waals surface area contributed by atoms with Crippen molar-refractivity contribution in [2.75, 3.05) is 33.3 Å². The Morgan fingerprint density at radius 2 is 1.83 bits per heavy atom. The molecule has 1 fully saturated rings. The van der Waals surface area contributed by atoms with Crippen molar-refractivity contribution in [2.45, 2.75) is 25.3 Å². The lowest BCUT2D eigenvalue weighted by Gasteiger charge is -2.36. The molecule has 4 rings (SSSR count). The van der Waals surface area contributed by atoms with Gasteiger partial charge in [-0.1, -0.05) is 36.4 Å². The second-order valence-corrected chi connectivity index (χ2v) is 7.95. The molecule has 1 aromatic heterocycles. The maximum atomic E-state index is 12.7. The monoisotopic (exact) mass is 403 g/mol. The Balaban J connectivity index is 1.22. The number of hydrogen-bond donors (Lipinski definition) is 0. The van der Waals surface area contributed by atoms with Gasteiger partial charge in [-0.3, -0.25) is 9.78 Å². The Morgan fingerprint density at radius 1 is 1.07 bits per heavy atom. The van der Waals surface area contributed by atoms with Crippen LogP contribution in [0.25, 0.3) is 10.8 Å². The number of likely N-dealkylation sites (N-methyl/N-ethyl adjacent to an activating group) is 1. The smallest absolute Gasteiger partial charge is 0.260 e. The highest BCUT2D eigenvalue weighted by Gasteiger charge is 2.25. The van der Waals surface area contributed by atoms with E-state index in [9.17, 15) is 4.79 Å². The van der Waals surface area contributed by atoms with E-state index >= 15 is 0 Å². The summed E-state index contributed by atoms with van der Waals surface area (Å²) >= 11 is 0.